The Morgan fingerprint density at radius 3 is 2.90 bits per heavy atom. The highest BCUT2D eigenvalue weighted by Gasteiger charge is 2.29. The van der Waals surface area contributed by atoms with E-state index < -0.39 is 5.60 Å². The van der Waals surface area contributed by atoms with E-state index in [9.17, 15) is 4.79 Å². The van der Waals surface area contributed by atoms with Crippen LogP contribution in [0.3, 0.4) is 0 Å². The van der Waals surface area contributed by atoms with Gasteiger partial charge in [0.1, 0.15) is 11.4 Å². The summed E-state index contributed by atoms with van der Waals surface area (Å²) in [7, 11) is 0. The van der Waals surface area contributed by atoms with Crippen LogP contribution in [0.1, 0.15) is 38.0 Å². The van der Waals surface area contributed by atoms with Gasteiger partial charge in [0.25, 0.3) is 0 Å². The molecule has 6 heteroatoms. The number of imidazole rings is 1. The fourth-order valence-corrected chi connectivity index (χ4v) is 2.77. The second kappa shape index (κ2) is 4.77. The Bertz CT molecular complexity index is 530. The van der Waals surface area contributed by atoms with Gasteiger partial charge < -0.3 is 19.5 Å². The molecule has 2 aliphatic rings. The Labute approximate surface area is 119 Å². The second-order valence-electron chi connectivity index (χ2n) is 6.40. The highest BCUT2D eigenvalue weighted by Crippen LogP contribution is 2.23. The van der Waals surface area contributed by atoms with Crippen molar-refractivity contribution in [3.63, 3.8) is 0 Å². The predicted octanol–water partition coefficient (Wildman–Crippen LogP) is 1.28. The fourth-order valence-electron chi connectivity index (χ4n) is 2.77. The number of rotatable bonds is 0. The van der Waals surface area contributed by atoms with Crippen molar-refractivity contribution in [1.82, 2.24) is 19.8 Å². The molecule has 0 atom stereocenters. The lowest BCUT2D eigenvalue weighted by molar-refractivity contribution is 0.0220. The first-order chi connectivity index (χ1) is 9.44. The minimum atomic E-state index is -0.450. The molecule has 20 heavy (non-hydrogen) atoms. The van der Waals surface area contributed by atoms with Crippen LogP contribution in [0.2, 0.25) is 0 Å². The van der Waals surface area contributed by atoms with Gasteiger partial charge in [-0.2, -0.15) is 0 Å². The number of carbonyl (C=O) groups is 1. The van der Waals surface area contributed by atoms with Crippen LogP contribution in [0.4, 0.5) is 4.79 Å². The van der Waals surface area contributed by atoms with E-state index in [1.54, 1.807) is 4.90 Å². The van der Waals surface area contributed by atoms with E-state index >= 15 is 0 Å². The standard InChI is InChI=1S/C14H22N4O2/c1-14(2,3)20-13(19)17-6-4-11-10(9-17)16-12-8-15-5-7-18(11)12/h15H,4-9H2,1-3H3. The number of ether oxygens (including phenoxy) is 1. The zero-order valence-electron chi connectivity index (χ0n) is 12.4. The normalized spacial score (nSPS) is 18.4. The molecule has 0 bridgehead atoms. The van der Waals surface area contributed by atoms with E-state index in [1.165, 1.54) is 5.69 Å². The van der Waals surface area contributed by atoms with Crippen LogP contribution < -0.4 is 5.32 Å². The molecule has 0 saturated heterocycles. The molecule has 0 aromatic carbocycles. The maximum atomic E-state index is 12.1. The van der Waals surface area contributed by atoms with Crippen molar-refractivity contribution in [2.75, 3.05) is 13.1 Å². The average molecular weight is 278 g/mol. The van der Waals surface area contributed by atoms with Gasteiger partial charge in [-0.3, -0.25) is 0 Å². The van der Waals surface area contributed by atoms with Crippen molar-refractivity contribution in [1.29, 1.82) is 0 Å². The number of fused-ring (bicyclic) bond motifs is 3. The number of hydrogen-bond donors (Lipinski definition) is 1. The van der Waals surface area contributed by atoms with Crippen molar-refractivity contribution in [2.24, 2.45) is 0 Å². The van der Waals surface area contributed by atoms with Gasteiger partial charge in [0, 0.05) is 31.7 Å². The maximum Gasteiger partial charge on any atom is 0.410 e. The van der Waals surface area contributed by atoms with Gasteiger partial charge in [-0.1, -0.05) is 0 Å². The van der Waals surface area contributed by atoms with Gasteiger partial charge in [0.15, 0.2) is 0 Å². The molecule has 0 unspecified atom stereocenters. The first-order valence-electron chi connectivity index (χ1n) is 7.20. The molecular formula is C14H22N4O2. The molecule has 1 aromatic rings. The zero-order valence-corrected chi connectivity index (χ0v) is 12.4. The molecule has 1 N–H and O–H groups in total. The smallest absolute Gasteiger partial charge is 0.410 e. The number of amides is 1. The quantitative estimate of drug-likeness (QED) is 0.776. The third kappa shape index (κ3) is 2.52. The minimum absolute atomic E-state index is 0.243. The van der Waals surface area contributed by atoms with Crippen LogP contribution in [0.15, 0.2) is 0 Å². The molecule has 3 rings (SSSR count). The lowest BCUT2D eigenvalue weighted by Gasteiger charge is -2.30. The van der Waals surface area contributed by atoms with Gasteiger partial charge in [-0.05, 0) is 20.8 Å². The molecule has 6 nitrogen and oxygen atoms in total. The third-order valence-corrected chi connectivity index (χ3v) is 3.64. The number of aromatic nitrogens is 2. The zero-order chi connectivity index (χ0) is 14.3. The van der Waals surface area contributed by atoms with Gasteiger partial charge in [-0.25, -0.2) is 9.78 Å². The monoisotopic (exact) mass is 278 g/mol. The Balaban J connectivity index is 1.76. The van der Waals surface area contributed by atoms with Crippen LogP contribution in [-0.2, 0) is 30.8 Å². The van der Waals surface area contributed by atoms with Crippen LogP contribution in [0.25, 0.3) is 0 Å². The van der Waals surface area contributed by atoms with Crippen molar-refractivity contribution >= 4 is 6.09 Å². The van der Waals surface area contributed by atoms with E-state index in [2.05, 4.69) is 14.9 Å². The van der Waals surface area contributed by atoms with Crippen LogP contribution in [0, 0.1) is 0 Å². The van der Waals surface area contributed by atoms with Crippen LogP contribution in [0.5, 0.6) is 0 Å². The predicted molar refractivity (Wildman–Crippen MR) is 74.3 cm³/mol. The summed E-state index contributed by atoms with van der Waals surface area (Å²) in [6, 6.07) is 0. The number of carbonyl (C=O) groups excluding carboxylic acids is 1. The molecular weight excluding hydrogens is 256 g/mol. The van der Waals surface area contributed by atoms with Crippen molar-refractivity contribution in [3.8, 4) is 0 Å². The molecule has 3 heterocycles. The Hall–Kier alpha value is -1.56. The van der Waals surface area contributed by atoms with Gasteiger partial charge in [-0.15, -0.1) is 0 Å². The molecule has 0 fully saturated rings. The molecule has 0 saturated carbocycles. The summed E-state index contributed by atoms with van der Waals surface area (Å²) < 4.78 is 7.74. The number of hydrogen-bond acceptors (Lipinski definition) is 4. The van der Waals surface area contributed by atoms with E-state index in [4.69, 9.17) is 4.74 Å². The summed E-state index contributed by atoms with van der Waals surface area (Å²) in [5.41, 5.74) is 1.87. The van der Waals surface area contributed by atoms with Gasteiger partial charge in [0.2, 0.25) is 0 Å². The topological polar surface area (TPSA) is 59.4 Å². The summed E-state index contributed by atoms with van der Waals surface area (Å²) in [4.78, 5) is 18.5. The molecule has 0 radical (unpaired) electrons. The maximum absolute atomic E-state index is 12.1. The Kier molecular flexibility index (Phi) is 3.20. The summed E-state index contributed by atoms with van der Waals surface area (Å²) in [6.45, 7) is 9.73. The lowest BCUT2D eigenvalue weighted by Crippen LogP contribution is -2.40. The first kappa shape index (κ1) is 13.4. The van der Waals surface area contributed by atoms with Crippen molar-refractivity contribution in [3.05, 3.63) is 17.2 Å². The fraction of sp³-hybridized carbons (Fsp3) is 0.714. The minimum Gasteiger partial charge on any atom is -0.444 e. The molecule has 1 aromatic heterocycles. The summed E-state index contributed by atoms with van der Waals surface area (Å²) in [5.74, 6) is 1.09. The van der Waals surface area contributed by atoms with Gasteiger partial charge in [0.05, 0.1) is 18.8 Å². The van der Waals surface area contributed by atoms with Crippen LogP contribution in [-0.4, -0.2) is 39.2 Å². The molecule has 0 aliphatic carbocycles. The Morgan fingerprint density at radius 2 is 2.15 bits per heavy atom. The van der Waals surface area contributed by atoms with E-state index in [1.807, 2.05) is 20.8 Å². The van der Waals surface area contributed by atoms with Crippen molar-refractivity contribution < 1.29 is 9.53 Å². The summed E-state index contributed by atoms with van der Waals surface area (Å²) in [5, 5.41) is 3.33. The molecule has 1 amide bonds. The first-order valence-corrected chi connectivity index (χ1v) is 7.20. The van der Waals surface area contributed by atoms with Crippen molar-refractivity contribution in [2.45, 2.75) is 52.4 Å². The Morgan fingerprint density at radius 1 is 1.35 bits per heavy atom. The summed E-state index contributed by atoms with van der Waals surface area (Å²) in [6.07, 6.45) is 0.619. The summed E-state index contributed by atoms with van der Waals surface area (Å²) >= 11 is 0. The van der Waals surface area contributed by atoms with Crippen LogP contribution >= 0.6 is 0 Å². The third-order valence-electron chi connectivity index (χ3n) is 3.64. The highest BCUT2D eigenvalue weighted by molar-refractivity contribution is 5.68. The highest BCUT2D eigenvalue weighted by atomic mass is 16.6. The van der Waals surface area contributed by atoms with Gasteiger partial charge >= 0.3 is 6.09 Å². The SMILES string of the molecule is CC(C)(C)OC(=O)N1CCc2c(nc3n2CCNC3)C1. The molecule has 0 spiro atoms. The lowest BCUT2D eigenvalue weighted by atomic mass is 10.1. The number of nitrogens with one attached hydrogen (secondary N) is 1. The van der Waals surface area contributed by atoms with E-state index in [-0.39, 0.29) is 6.09 Å². The second-order valence-corrected chi connectivity index (χ2v) is 6.40. The number of nitrogens with zero attached hydrogens (tertiary/aromatic N) is 3. The largest absolute Gasteiger partial charge is 0.444 e. The van der Waals surface area contributed by atoms with E-state index in [0.29, 0.717) is 13.1 Å². The molecule has 2 aliphatic heterocycles. The average Bonchev–Trinajstić information content (AvgIpc) is 2.74. The molecule has 110 valence electrons. The van der Waals surface area contributed by atoms with E-state index in [0.717, 1.165) is 37.6 Å².